The maximum Gasteiger partial charge on any atom is 0.332 e. The normalized spacial score (nSPS) is 13.0. The summed E-state index contributed by atoms with van der Waals surface area (Å²) in [6.45, 7) is 2.24. The van der Waals surface area contributed by atoms with Gasteiger partial charge in [0.15, 0.2) is 6.10 Å². The lowest BCUT2D eigenvalue weighted by molar-refractivity contribution is -0.149. The number of hydrogen-bond acceptors (Lipinski definition) is 3. The number of carboxylic acid groups (broad SMARTS) is 1. The van der Waals surface area contributed by atoms with Gasteiger partial charge >= 0.3 is 5.97 Å². The second-order valence-corrected chi connectivity index (χ2v) is 1.84. The van der Waals surface area contributed by atoms with Crippen LogP contribution in [0.25, 0.3) is 0 Å². The Balaban J connectivity index is 3.21. The van der Waals surface area contributed by atoms with E-state index in [9.17, 15) is 4.79 Å². The van der Waals surface area contributed by atoms with Gasteiger partial charge in [-0.15, -0.1) is 0 Å². The fourth-order valence-electron chi connectivity index (χ4n) is 0.380. The maximum absolute atomic E-state index is 10.1. The highest BCUT2D eigenvalue weighted by molar-refractivity contribution is 5.71. The van der Waals surface area contributed by atoms with Gasteiger partial charge in [-0.25, -0.2) is 4.79 Å². The minimum atomic E-state index is -0.948. The molecule has 10 heavy (non-hydrogen) atoms. The van der Waals surface area contributed by atoms with Gasteiger partial charge in [-0.2, -0.15) is 0 Å². The van der Waals surface area contributed by atoms with Crippen molar-refractivity contribution in [2.45, 2.75) is 13.0 Å². The van der Waals surface area contributed by atoms with Crippen LogP contribution in [0.4, 0.5) is 0 Å². The van der Waals surface area contributed by atoms with Crippen molar-refractivity contribution in [2.75, 3.05) is 20.3 Å². The summed E-state index contributed by atoms with van der Waals surface area (Å²) in [5.41, 5.74) is 0. The average Bonchev–Trinajstić information content (AvgIpc) is 1.88. The Morgan fingerprint density at radius 2 is 2.20 bits per heavy atom. The van der Waals surface area contributed by atoms with Crippen molar-refractivity contribution in [3.63, 3.8) is 0 Å². The van der Waals surface area contributed by atoms with E-state index in [1.54, 1.807) is 0 Å². The summed E-state index contributed by atoms with van der Waals surface area (Å²) < 4.78 is 9.47. The van der Waals surface area contributed by atoms with Crippen molar-refractivity contribution >= 4 is 5.97 Å². The molecule has 0 radical (unpaired) electrons. The predicted molar refractivity (Wildman–Crippen MR) is 34.9 cm³/mol. The topological polar surface area (TPSA) is 55.8 Å². The molecule has 1 atom stereocenters. The molecule has 0 aromatic rings. The highest BCUT2D eigenvalue weighted by Crippen LogP contribution is 1.89. The van der Waals surface area contributed by atoms with Gasteiger partial charge in [0.05, 0.1) is 13.2 Å². The minimum absolute atomic E-state index is 0.323. The minimum Gasteiger partial charge on any atom is -0.479 e. The number of ether oxygens (including phenoxy) is 2. The van der Waals surface area contributed by atoms with Crippen molar-refractivity contribution in [1.82, 2.24) is 0 Å². The molecule has 0 rings (SSSR count). The molecule has 60 valence electrons. The molecule has 4 nitrogen and oxygen atoms in total. The molecule has 0 aliphatic rings. The molecule has 0 amide bonds. The van der Waals surface area contributed by atoms with Gasteiger partial charge in [0.2, 0.25) is 0 Å². The second-order valence-electron chi connectivity index (χ2n) is 1.84. The van der Waals surface area contributed by atoms with Gasteiger partial charge in [-0.1, -0.05) is 0 Å². The largest absolute Gasteiger partial charge is 0.479 e. The predicted octanol–water partition coefficient (Wildman–Crippen LogP) is 0.123. The van der Waals surface area contributed by atoms with Gasteiger partial charge < -0.3 is 14.6 Å². The third kappa shape index (κ3) is 4.29. The first kappa shape index (κ1) is 9.39. The molecule has 0 saturated carbocycles. The third-order valence-corrected chi connectivity index (χ3v) is 1.00. The monoisotopic (exact) mass is 148 g/mol. The van der Waals surface area contributed by atoms with E-state index < -0.39 is 12.1 Å². The summed E-state index contributed by atoms with van der Waals surface area (Å²) >= 11 is 0. The number of carbonyl (C=O) groups is 1. The van der Waals surface area contributed by atoms with Crippen molar-refractivity contribution in [3.8, 4) is 0 Å². The Kier molecular flexibility index (Phi) is 4.88. The number of methoxy groups -OCH3 is 1. The van der Waals surface area contributed by atoms with E-state index in [1.807, 2.05) is 0 Å². The van der Waals surface area contributed by atoms with E-state index in [2.05, 4.69) is 4.74 Å². The first-order valence-electron chi connectivity index (χ1n) is 3.02. The molecule has 0 spiro atoms. The lowest BCUT2D eigenvalue weighted by atomic mass is 10.4. The van der Waals surface area contributed by atoms with Crippen molar-refractivity contribution in [2.24, 2.45) is 0 Å². The molecule has 0 aliphatic heterocycles. The molecule has 0 aliphatic carbocycles. The molecular weight excluding hydrogens is 136 g/mol. The van der Waals surface area contributed by atoms with E-state index in [0.29, 0.717) is 13.2 Å². The summed E-state index contributed by atoms with van der Waals surface area (Å²) in [6.07, 6.45) is -0.741. The standard InChI is InChI=1S/C6H12O4/c1-5(6(7)8)10-4-3-9-2/h5H,3-4H2,1-2H3,(H,7,8)/t5-/m0/s1. The molecular formula is C6H12O4. The van der Waals surface area contributed by atoms with Crippen LogP contribution in [0.3, 0.4) is 0 Å². The van der Waals surface area contributed by atoms with Crippen LogP contribution < -0.4 is 0 Å². The lowest BCUT2D eigenvalue weighted by Crippen LogP contribution is -2.21. The van der Waals surface area contributed by atoms with Gasteiger partial charge in [0.25, 0.3) is 0 Å². The third-order valence-electron chi connectivity index (χ3n) is 1.00. The number of rotatable bonds is 5. The smallest absolute Gasteiger partial charge is 0.332 e. The Bertz CT molecular complexity index is 102. The van der Waals surface area contributed by atoms with Crippen molar-refractivity contribution in [1.29, 1.82) is 0 Å². The molecule has 0 aromatic carbocycles. The fourth-order valence-corrected chi connectivity index (χ4v) is 0.380. The number of aliphatic carboxylic acids is 1. The van der Waals surface area contributed by atoms with Crippen LogP contribution in [0.2, 0.25) is 0 Å². The molecule has 0 heterocycles. The van der Waals surface area contributed by atoms with Crippen LogP contribution in [0.15, 0.2) is 0 Å². The maximum atomic E-state index is 10.1. The molecule has 0 saturated heterocycles. The fraction of sp³-hybridized carbons (Fsp3) is 0.833. The van der Waals surface area contributed by atoms with E-state index in [1.165, 1.54) is 14.0 Å². The van der Waals surface area contributed by atoms with Crippen LogP contribution in [0.1, 0.15) is 6.92 Å². The first-order valence-corrected chi connectivity index (χ1v) is 3.02. The van der Waals surface area contributed by atoms with Gasteiger partial charge in [0.1, 0.15) is 0 Å². The second kappa shape index (κ2) is 5.20. The Hall–Kier alpha value is -0.610. The highest BCUT2D eigenvalue weighted by atomic mass is 16.5. The van der Waals surface area contributed by atoms with Gasteiger partial charge in [-0.05, 0) is 6.92 Å². The number of carboxylic acids is 1. The van der Waals surface area contributed by atoms with Gasteiger partial charge in [0, 0.05) is 7.11 Å². The molecule has 0 fully saturated rings. The summed E-state index contributed by atoms with van der Waals surface area (Å²) in [5, 5.41) is 8.32. The summed E-state index contributed by atoms with van der Waals surface area (Å²) in [4.78, 5) is 10.1. The van der Waals surface area contributed by atoms with Crippen LogP contribution >= 0.6 is 0 Å². The highest BCUT2D eigenvalue weighted by Gasteiger charge is 2.09. The SMILES string of the molecule is COCCO[C@@H](C)C(=O)O. The van der Waals surface area contributed by atoms with Crippen LogP contribution in [0.5, 0.6) is 0 Å². The Morgan fingerprint density at radius 1 is 1.60 bits per heavy atom. The zero-order chi connectivity index (χ0) is 7.98. The van der Waals surface area contributed by atoms with Crippen molar-refractivity contribution < 1.29 is 19.4 Å². The Morgan fingerprint density at radius 3 is 2.60 bits per heavy atom. The van der Waals surface area contributed by atoms with Crippen LogP contribution in [-0.2, 0) is 14.3 Å². The Labute approximate surface area is 59.7 Å². The zero-order valence-corrected chi connectivity index (χ0v) is 6.16. The zero-order valence-electron chi connectivity index (χ0n) is 6.16. The molecule has 0 aromatic heterocycles. The quantitative estimate of drug-likeness (QED) is 0.563. The molecule has 0 unspecified atom stereocenters. The summed E-state index contributed by atoms with van der Waals surface area (Å²) in [7, 11) is 1.54. The van der Waals surface area contributed by atoms with Gasteiger partial charge in [-0.3, -0.25) is 0 Å². The lowest BCUT2D eigenvalue weighted by Gasteiger charge is -2.06. The van der Waals surface area contributed by atoms with Crippen molar-refractivity contribution in [3.05, 3.63) is 0 Å². The molecule has 4 heteroatoms. The van der Waals surface area contributed by atoms with E-state index in [0.717, 1.165) is 0 Å². The van der Waals surface area contributed by atoms with Crippen LogP contribution in [0, 0.1) is 0 Å². The van der Waals surface area contributed by atoms with Crippen LogP contribution in [-0.4, -0.2) is 37.5 Å². The molecule has 0 bridgehead atoms. The summed E-state index contributed by atoms with van der Waals surface area (Å²) in [6, 6.07) is 0. The van der Waals surface area contributed by atoms with E-state index in [4.69, 9.17) is 9.84 Å². The summed E-state index contributed by atoms with van der Waals surface area (Å²) in [5.74, 6) is -0.948. The first-order chi connectivity index (χ1) is 4.68. The van der Waals surface area contributed by atoms with E-state index in [-0.39, 0.29) is 0 Å². The molecule has 1 N–H and O–H groups in total. The van der Waals surface area contributed by atoms with E-state index >= 15 is 0 Å². The number of hydrogen-bond donors (Lipinski definition) is 1. The average molecular weight is 148 g/mol.